The molecule has 0 atom stereocenters. The highest BCUT2D eigenvalue weighted by molar-refractivity contribution is 6.07. The highest BCUT2D eigenvalue weighted by atomic mass is 19.4. The number of nitro groups is 1. The fourth-order valence-corrected chi connectivity index (χ4v) is 2.94. The lowest BCUT2D eigenvalue weighted by Gasteiger charge is -2.09. The molecule has 1 amide bonds. The lowest BCUT2D eigenvalue weighted by Crippen LogP contribution is -2.23. The van der Waals surface area contributed by atoms with Crippen LogP contribution in [-0.2, 0) is 13.2 Å². The smallest absolute Gasteiger partial charge is 0.316 e. The minimum atomic E-state index is -4.81. The standard InChI is InChI=1S/C19H15F3N4O4/c1-11-16(18(28)25(24(11)2)13-6-4-3-5-7-13)23-17(27)14-9-8-12(19(20,21)22)10-15(14)26(29)30/h3-10H,1-2H3,(H,23,27). The monoisotopic (exact) mass is 420 g/mol. The van der Waals surface area contributed by atoms with Crippen molar-refractivity contribution in [1.82, 2.24) is 9.36 Å². The molecule has 0 unspecified atom stereocenters. The number of amides is 1. The number of hydrogen-bond acceptors (Lipinski definition) is 4. The van der Waals surface area contributed by atoms with E-state index in [4.69, 9.17) is 0 Å². The van der Waals surface area contributed by atoms with Crippen LogP contribution in [0.5, 0.6) is 0 Å². The molecule has 1 N–H and O–H groups in total. The number of benzene rings is 2. The zero-order chi connectivity index (χ0) is 22.2. The van der Waals surface area contributed by atoms with Crippen molar-refractivity contribution in [2.24, 2.45) is 7.05 Å². The molecule has 156 valence electrons. The fraction of sp³-hybridized carbons (Fsp3) is 0.158. The Balaban J connectivity index is 2.04. The number of hydrogen-bond donors (Lipinski definition) is 1. The summed E-state index contributed by atoms with van der Waals surface area (Å²) >= 11 is 0. The average molecular weight is 420 g/mol. The first-order valence-electron chi connectivity index (χ1n) is 8.53. The molecule has 0 aliphatic rings. The molecular weight excluding hydrogens is 405 g/mol. The van der Waals surface area contributed by atoms with E-state index < -0.39 is 39.4 Å². The summed E-state index contributed by atoms with van der Waals surface area (Å²) in [5, 5.41) is 13.5. The van der Waals surface area contributed by atoms with Crippen LogP contribution in [-0.4, -0.2) is 20.2 Å². The maximum atomic E-state index is 12.9. The maximum Gasteiger partial charge on any atom is 0.416 e. The van der Waals surface area contributed by atoms with Gasteiger partial charge < -0.3 is 5.32 Å². The van der Waals surface area contributed by atoms with E-state index in [-0.39, 0.29) is 11.8 Å². The molecular formula is C19H15F3N4O4. The molecule has 0 saturated heterocycles. The summed E-state index contributed by atoms with van der Waals surface area (Å²) in [6.45, 7) is 1.55. The van der Waals surface area contributed by atoms with Crippen molar-refractivity contribution >= 4 is 17.3 Å². The van der Waals surface area contributed by atoms with E-state index in [1.807, 2.05) is 0 Å². The number of nitrogens with zero attached hydrogens (tertiary/aromatic N) is 3. The third-order valence-corrected chi connectivity index (χ3v) is 4.56. The van der Waals surface area contributed by atoms with E-state index in [1.165, 1.54) is 9.36 Å². The molecule has 0 saturated carbocycles. The highest BCUT2D eigenvalue weighted by Crippen LogP contribution is 2.33. The second-order valence-electron chi connectivity index (χ2n) is 6.38. The molecule has 1 heterocycles. The number of halogens is 3. The Morgan fingerprint density at radius 1 is 1.13 bits per heavy atom. The fourth-order valence-electron chi connectivity index (χ4n) is 2.94. The van der Waals surface area contributed by atoms with Gasteiger partial charge in [-0.3, -0.25) is 24.4 Å². The quantitative estimate of drug-likeness (QED) is 0.514. The van der Waals surface area contributed by atoms with Crippen molar-refractivity contribution in [3.8, 4) is 5.69 Å². The largest absolute Gasteiger partial charge is 0.416 e. The summed E-state index contributed by atoms with van der Waals surface area (Å²) in [5.41, 5.74) is -2.72. The normalized spacial score (nSPS) is 11.4. The number of rotatable bonds is 4. The Labute approximate surface area is 167 Å². The molecule has 0 bridgehead atoms. The maximum absolute atomic E-state index is 12.9. The predicted octanol–water partition coefficient (Wildman–Crippen LogP) is 3.66. The number of carbonyl (C=O) groups is 1. The second-order valence-corrected chi connectivity index (χ2v) is 6.38. The second kappa shape index (κ2) is 7.50. The third kappa shape index (κ3) is 3.69. The molecule has 2 aromatic carbocycles. The molecule has 8 nitrogen and oxygen atoms in total. The molecule has 0 aliphatic heterocycles. The number of nitro benzene ring substituents is 1. The molecule has 11 heteroatoms. The molecule has 3 rings (SSSR count). The van der Waals surface area contributed by atoms with Crippen molar-refractivity contribution in [2.75, 3.05) is 5.32 Å². The van der Waals surface area contributed by atoms with Crippen LogP contribution in [0.3, 0.4) is 0 Å². The third-order valence-electron chi connectivity index (χ3n) is 4.56. The number of para-hydroxylation sites is 1. The molecule has 30 heavy (non-hydrogen) atoms. The van der Waals surface area contributed by atoms with Gasteiger partial charge in [-0.1, -0.05) is 18.2 Å². The number of anilines is 1. The minimum absolute atomic E-state index is 0.138. The van der Waals surface area contributed by atoms with Gasteiger partial charge in [0.15, 0.2) is 0 Å². The Morgan fingerprint density at radius 2 is 1.77 bits per heavy atom. The van der Waals surface area contributed by atoms with Crippen LogP contribution in [0.15, 0.2) is 53.3 Å². The number of carbonyl (C=O) groups excluding carboxylic acids is 1. The highest BCUT2D eigenvalue weighted by Gasteiger charge is 2.34. The minimum Gasteiger partial charge on any atom is -0.316 e. The molecule has 1 aromatic heterocycles. The zero-order valence-electron chi connectivity index (χ0n) is 15.7. The topological polar surface area (TPSA) is 99.2 Å². The summed E-state index contributed by atoms with van der Waals surface area (Å²) in [6.07, 6.45) is -4.81. The van der Waals surface area contributed by atoms with Gasteiger partial charge in [0.1, 0.15) is 11.3 Å². The van der Waals surface area contributed by atoms with E-state index in [9.17, 15) is 32.9 Å². The Kier molecular flexibility index (Phi) is 5.21. The van der Waals surface area contributed by atoms with Crippen molar-refractivity contribution in [3.63, 3.8) is 0 Å². The van der Waals surface area contributed by atoms with Gasteiger partial charge in [0.25, 0.3) is 17.2 Å². The zero-order valence-corrected chi connectivity index (χ0v) is 15.7. The summed E-state index contributed by atoms with van der Waals surface area (Å²) in [7, 11) is 1.58. The van der Waals surface area contributed by atoms with Crippen molar-refractivity contribution < 1.29 is 22.9 Å². The lowest BCUT2D eigenvalue weighted by molar-refractivity contribution is -0.385. The first-order chi connectivity index (χ1) is 14.0. The summed E-state index contributed by atoms with van der Waals surface area (Å²) in [5.74, 6) is -1.07. The summed E-state index contributed by atoms with van der Waals surface area (Å²) in [6, 6.07) is 10.1. The van der Waals surface area contributed by atoms with E-state index in [1.54, 1.807) is 44.3 Å². The molecule has 0 fully saturated rings. The lowest BCUT2D eigenvalue weighted by atomic mass is 10.1. The average Bonchev–Trinajstić information content (AvgIpc) is 2.90. The van der Waals surface area contributed by atoms with Crippen LogP contribution in [0.4, 0.5) is 24.5 Å². The predicted molar refractivity (Wildman–Crippen MR) is 102 cm³/mol. The number of nitrogens with one attached hydrogen (secondary N) is 1. The van der Waals surface area contributed by atoms with Crippen molar-refractivity contribution in [3.05, 3.63) is 85.8 Å². The Morgan fingerprint density at radius 3 is 2.33 bits per heavy atom. The van der Waals surface area contributed by atoms with E-state index in [2.05, 4.69) is 5.32 Å². The summed E-state index contributed by atoms with van der Waals surface area (Å²) < 4.78 is 41.3. The molecule has 0 radical (unpaired) electrons. The van der Waals surface area contributed by atoms with Crippen molar-refractivity contribution in [2.45, 2.75) is 13.1 Å². The number of aromatic nitrogens is 2. The van der Waals surface area contributed by atoms with Crippen LogP contribution in [0.1, 0.15) is 21.6 Å². The van der Waals surface area contributed by atoms with Gasteiger partial charge in [0.2, 0.25) is 0 Å². The number of alkyl halides is 3. The first kappa shape index (κ1) is 20.8. The van der Waals surface area contributed by atoms with Gasteiger partial charge in [-0.2, -0.15) is 13.2 Å². The van der Waals surface area contributed by atoms with Gasteiger partial charge in [-0.25, -0.2) is 4.68 Å². The van der Waals surface area contributed by atoms with Gasteiger partial charge in [-0.05, 0) is 31.2 Å². The Hall–Kier alpha value is -3.89. The van der Waals surface area contributed by atoms with Gasteiger partial charge in [0, 0.05) is 13.1 Å². The summed E-state index contributed by atoms with van der Waals surface area (Å²) in [4.78, 5) is 35.6. The van der Waals surface area contributed by atoms with Crippen LogP contribution in [0.2, 0.25) is 0 Å². The van der Waals surface area contributed by atoms with E-state index in [0.717, 1.165) is 0 Å². The first-order valence-corrected chi connectivity index (χ1v) is 8.53. The van der Waals surface area contributed by atoms with Crippen LogP contribution in [0, 0.1) is 17.0 Å². The van der Waals surface area contributed by atoms with E-state index in [0.29, 0.717) is 23.5 Å². The Bertz CT molecular complexity index is 1200. The van der Waals surface area contributed by atoms with Crippen LogP contribution < -0.4 is 10.9 Å². The van der Waals surface area contributed by atoms with Crippen LogP contribution in [0.25, 0.3) is 5.69 Å². The molecule has 0 spiro atoms. The molecule has 0 aliphatic carbocycles. The van der Waals surface area contributed by atoms with Crippen LogP contribution >= 0.6 is 0 Å². The van der Waals surface area contributed by atoms with Gasteiger partial charge >= 0.3 is 6.18 Å². The van der Waals surface area contributed by atoms with Gasteiger partial charge in [-0.15, -0.1) is 0 Å². The SMILES string of the molecule is Cc1c(NC(=O)c2ccc(C(F)(F)F)cc2[N+](=O)[O-])c(=O)n(-c2ccccc2)n1C. The molecule has 3 aromatic rings. The van der Waals surface area contributed by atoms with Gasteiger partial charge in [0.05, 0.1) is 21.9 Å². The van der Waals surface area contributed by atoms with Crippen molar-refractivity contribution in [1.29, 1.82) is 0 Å². The van der Waals surface area contributed by atoms with E-state index >= 15 is 0 Å².